The van der Waals surface area contributed by atoms with E-state index in [9.17, 15) is 9.59 Å². The highest BCUT2D eigenvalue weighted by Crippen LogP contribution is 2.21. The number of benzene rings is 3. The summed E-state index contributed by atoms with van der Waals surface area (Å²) >= 11 is 0. The average molecular weight is 513 g/mol. The van der Waals surface area contributed by atoms with Gasteiger partial charge >= 0.3 is 0 Å². The molecule has 2 amide bonds. The van der Waals surface area contributed by atoms with Crippen LogP contribution in [0.1, 0.15) is 37.2 Å². The Labute approximate surface area is 224 Å². The Balaban J connectivity index is 1.39. The lowest BCUT2D eigenvalue weighted by atomic mass is 10.1. The molecule has 0 radical (unpaired) electrons. The van der Waals surface area contributed by atoms with Crippen LogP contribution in [0.5, 0.6) is 5.75 Å². The van der Waals surface area contributed by atoms with Crippen LogP contribution in [0.25, 0.3) is 11.0 Å². The second-order valence-corrected chi connectivity index (χ2v) is 9.81. The number of imidazole rings is 1. The van der Waals surface area contributed by atoms with E-state index in [2.05, 4.69) is 5.32 Å². The molecule has 1 aromatic heterocycles. The van der Waals surface area contributed by atoms with Gasteiger partial charge in [0.05, 0.1) is 11.0 Å². The number of anilines is 1. The molecule has 0 fully saturated rings. The number of hydrogen-bond acceptors (Lipinski definition) is 4. The van der Waals surface area contributed by atoms with Gasteiger partial charge in [-0.25, -0.2) is 4.98 Å². The van der Waals surface area contributed by atoms with Crippen LogP contribution < -0.4 is 15.0 Å². The Morgan fingerprint density at radius 3 is 2.50 bits per heavy atom. The molecule has 4 rings (SSSR count). The molecule has 0 saturated carbocycles. The molecule has 0 bridgehead atoms. The number of hydrogen-bond donors (Lipinski definition) is 1. The van der Waals surface area contributed by atoms with Crippen molar-refractivity contribution in [1.82, 2.24) is 14.9 Å². The lowest BCUT2D eigenvalue weighted by molar-refractivity contribution is -0.123. The van der Waals surface area contributed by atoms with Gasteiger partial charge in [0.25, 0.3) is 5.91 Å². The zero-order valence-corrected chi connectivity index (χ0v) is 22.6. The molecular weight excluding hydrogens is 476 g/mol. The number of para-hydroxylation sites is 3. The third-order valence-corrected chi connectivity index (χ3v) is 6.45. The van der Waals surface area contributed by atoms with E-state index < -0.39 is 0 Å². The summed E-state index contributed by atoms with van der Waals surface area (Å²) in [5.41, 5.74) is 4.76. The van der Waals surface area contributed by atoms with E-state index in [4.69, 9.17) is 9.72 Å². The third kappa shape index (κ3) is 6.59. The van der Waals surface area contributed by atoms with Crippen molar-refractivity contribution in [2.24, 2.45) is 0 Å². The number of carbonyl (C=O) groups excluding carboxylic acids is 2. The summed E-state index contributed by atoms with van der Waals surface area (Å²) in [6.45, 7) is 8.66. The standard InChI is InChI=1S/C31H36N4O3/c1-22(2)35(25-11-6-5-7-12-25)31(37)20-34-27-14-9-8-13-26(27)33-29(34)15-10-18-32-30(36)21-38-28-19-23(3)16-17-24(28)4/h5-9,11-14,16-17,19,22H,10,15,18,20-21H2,1-4H3,(H,32,36). The van der Waals surface area contributed by atoms with Gasteiger partial charge in [0, 0.05) is 24.7 Å². The molecule has 0 aliphatic rings. The monoisotopic (exact) mass is 512 g/mol. The van der Waals surface area contributed by atoms with Crippen LogP contribution in [0.15, 0.2) is 72.8 Å². The van der Waals surface area contributed by atoms with E-state index in [1.54, 1.807) is 0 Å². The van der Waals surface area contributed by atoms with E-state index in [0.29, 0.717) is 19.4 Å². The SMILES string of the molecule is Cc1ccc(C)c(OCC(=O)NCCCc2nc3ccccc3n2CC(=O)N(c2ccccc2)C(C)C)c1. The molecular formula is C31H36N4O3. The van der Waals surface area contributed by atoms with Crippen molar-refractivity contribution in [3.8, 4) is 5.75 Å². The van der Waals surface area contributed by atoms with Crippen molar-refractivity contribution in [3.05, 3.63) is 89.7 Å². The Morgan fingerprint density at radius 2 is 1.74 bits per heavy atom. The number of aryl methyl sites for hydroxylation is 3. The quantitative estimate of drug-likeness (QED) is 0.280. The van der Waals surface area contributed by atoms with Gasteiger partial charge in [-0.1, -0.05) is 42.5 Å². The van der Waals surface area contributed by atoms with Crippen LogP contribution >= 0.6 is 0 Å². The van der Waals surface area contributed by atoms with E-state index >= 15 is 0 Å². The van der Waals surface area contributed by atoms with Crippen molar-refractivity contribution in [3.63, 3.8) is 0 Å². The van der Waals surface area contributed by atoms with Crippen LogP contribution in [-0.4, -0.2) is 40.6 Å². The zero-order chi connectivity index (χ0) is 27.1. The number of ether oxygens (including phenoxy) is 1. The van der Waals surface area contributed by atoms with Crippen LogP contribution in [0.4, 0.5) is 5.69 Å². The van der Waals surface area contributed by atoms with Crippen molar-refractivity contribution in [1.29, 1.82) is 0 Å². The summed E-state index contributed by atoms with van der Waals surface area (Å²) in [6, 6.07) is 23.6. The van der Waals surface area contributed by atoms with Gasteiger partial charge in [-0.05, 0) is 75.6 Å². The van der Waals surface area contributed by atoms with Crippen molar-refractivity contribution >= 4 is 28.5 Å². The first-order valence-electron chi connectivity index (χ1n) is 13.1. The molecule has 0 spiro atoms. The molecule has 198 valence electrons. The van der Waals surface area contributed by atoms with Crippen LogP contribution in [0.3, 0.4) is 0 Å². The molecule has 3 aromatic carbocycles. The molecule has 38 heavy (non-hydrogen) atoms. The summed E-state index contributed by atoms with van der Waals surface area (Å²) in [6.07, 6.45) is 1.33. The molecule has 7 nitrogen and oxygen atoms in total. The Morgan fingerprint density at radius 1 is 1.00 bits per heavy atom. The van der Waals surface area contributed by atoms with Crippen LogP contribution in [-0.2, 0) is 22.6 Å². The van der Waals surface area contributed by atoms with Crippen molar-refractivity contribution in [2.45, 2.75) is 53.1 Å². The molecule has 1 heterocycles. The lowest BCUT2D eigenvalue weighted by Crippen LogP contribution is -2.39. The van der Waals surface area contributed by atoms with Crippen molar-refractivity contribution < 1.29 is 14.3 Å². The average Bonchev–Trinajstić information content (AvgIpc) is 3.24. The Kier molecular flexibility index (Phi) is 8.79. The third-order valence-electron chi connectivity index (χ3n) is 6.45. The molecule has 0 aliphatic heterocycles. The minimum Gasteiger partial charge on any atom is -0.483 e. The maximum Gasteiger partial charge on any atom is 0.257 e. The van der Waals surface area contributed by atoms with Gasteiger partial charge < -0.3 is 19.5 Å². The second-order valence-electron chi connectivity index (χ2n) is 9.81. The van der Waals surface area contributed by atoms with E-state index in [0.717, 1.165) is 39.4 Å². The smallest absolute Gasteiger partial charge is 0.257 e. The highest BCUT2D eigenvalue weighted by atomic mass is 16.5. The van der Waals surface area contributed by atoms with Gasteiger partial charge in [0.1, 0.15) is 18.1 Å². The van der Waals surface area contributed by atoms with Gasteiger partial charge in [0.15, 0.2) is 6.61 Å². The molecule has 7 heteroatoms. The fraction of sp³-hybridized carbons (Fsp3) is 0.323. The molecule has 4 aromatic rings. The number of carbonyl (C=O) groups is 2. The molecule has 0 unspecified atom stereocenters. The fourth-order valence-corrected chi connectivity index (χ4v) is 4.55. The number of rotatable bonds is 11. The predicted octanol–water partition coefficient (Wildman–Crippen LogP) is 5.22. The van der Waals surface area contributed by atoms with E-state index in [1.165, 1.54) is 0 Å². The molecule has 0 aliphatic carbocycles. The summed E-state index contributed by atoms with van der Waals surface area (Å²) in [4.78, 5) is 32.5. The first kappa shape index (κ1) is 26.9. The minimum atomic E-state index is -0.162. The maximum atomic E-state index is 13.5. The number of fused-ring (bicyclic) bond motifs is 1. The Bertz CT molecular complexity index is 1400. The molecule has 1 N–H and O–H groups in total. The lowest BCUT2D eigenvalue weighted by Gasteiger charge is -2.27. The summed E-state index contributed by atoms with van der Waals surface area (Å²) < 4.78 is 7.71. The normalized spacial score (nSPS) is 11.1. The highest BCUT2D eigenvalue weighted by molar-refractivity contribution is 5.94. The molecule has 0 saturated heterocycles. The van der Waals surface area contributed by atoms with E-state index in [1.807, 2.05) is 110 Å². The van der Waals surface area contributed by atoms with Gasteiger partial charge in [0.2, 0.25) is 5.91 Å². The number of nitrogens with zero attached hydrogens (tertiary/aromatic N) is 3. The summed E-state index contributed by atoms with van der Waals surface area (Å²) in [7, 11) is 0. The molecule has 0 atom stereocenters. The van der Waals surface area contributed by atoms with Gasteiger partial charge in [-0.15, -0.1) is 0 Å². The number of nitrogens with one attached hydrogen (secondary N) is 1. The largest absolute Gasteiger partial charge is 0.483 e. The fourth-order valence-electron chi connectivity index (χ4n) is 4.55. The summed E-state index contributed by atoms with van der Waals surface area (Å²) in [5.74, 6) is 1.40. The van der Waals surface area contributed by atoms with Crippen molar-refractivity contribution in [2.75, 3.05) is 18.1 Å². The number of amides is 2. The van der Waals surface area contributed by atoms with Gasteiger partial charge in [-0.3, -0.25) is 9.59 Å². The first-order chi connectivity index (χ1) is 18.3. The predicted molar refractivity (Wildman–Crippen MR) is 152 cm³/mol. The maximum absolute atomic E-state index is 13.5. The first-order valence-corrected chi connectivity index (χ1v) is 13.1. The van der Waals surface area contributed by atoms with E-state index in [-0.39, 0.29) is 31.0 Å². The van der Waals surface area contributed by atoms with Crippen LogP contribution in [0.2, 0.25) is 0 Å². The minimum absolute atomic E-state index is 0.00694. The number of aromatic nitrogens is 2. The Hall–Kier alpha value is -4.13. The van der Waals surface area contributed by atoms with Crippen LogP contribution in [0, 0.1) is 13.8 Å². The second kappa shape index (κ2) is 12.4. The summed E-state index contributed by atoms with van der Waals surface area (Å²) in [5, 5.41) is 2.93. The highest BCUT2D eigenvalue weighted by Gasteiger charge is 2.21. The zero-order valence-electron chi connectivity index (χ0n) is 22.6. The van der Waals surface area contributed by atoms with Gasteiger partial charge in [-0.2, -0.15) is 0 Å². The topological polar surface area (TPSA) is 76.5 Å².